The van der Waals surface area contributed by atoms with Crippen LogP contribution in [-0.4, -0.2) is 30.1 Å². The Morgan fingerprint density at radius 2 is 2.20 bits per heavy atom. The first kappa shape index (κ1) is 15.6. The van der Waals surface area contributed by atoms with Crippen LogP contribution in [0.25, 0.3) is 0 Å². The van der Waals surface area contributed by atoms with Gasteiger partial charge < -0.3 is 4.74 Å². The van der Waals surface area contributed by atoms with Gasteiger partial charge in [-0.25, -0.2) is 0 Å². The maximum atomic E-state index is 12.0. The van der Waals surface area contributed by atoms with Gasteiger partial charge in [-0.2, -0.15) is 0 Å². The Bertz CT molecular complexity index is 479. The van der Waals surface area contributed by atoms with Crippen molar-refractivity contribution in [1.82, 2.24) is 4.90 Å². The molecule has 0 saturated carbocycles. The van der Waals surface area contributed by atoms with Crippen molar-refractivity contribution in [2.75, 3.05) is 13.2 Å². The van der Waals surface area contributed by atoms with E-state index in [1.807, 2.05) is 13.0 Å². The molecule has 0 radical (unpaired) electrons. The number of hydrogen-bond donors (Lipinski definition) is 0. The van der Waals surface area contributed by atoms with Crippen LogP contribution in [-0.2, 0) is 16.1 Å². The number of benzene rings is 1. The van der Waals surface area contributed by atoms with Crippen molar-refractivity contribution in [1.29, 1.82) is 0 Å². The van der Waals surface area contributed by atoms with Gasteiger partial charge in [0.05, 0.1) is 6.61 Å². The van der Waals surface area contributed by atoms with Crippen LogP contribution < -0.4 is 0 Å². The van der Waals surface area contributed by atoms with Gasteiger partial charge in [0.15, 0.2) is 0 Å². The molecule has 1 aromatic carbocycles. The molecule has 3 nitrogen and oxygen atoms in total. The summed E-state index contributed by atoms with van der Waals surface area (Å²) in [6.45, 7) is 3.76. The summed E-state index contributed by atoms with van der Waals surface area (Å²) in [5, 5.41) is 1.34. The topological polar surface area (TPSA) is 29.5 Å². The average Bonchev–Trinajstić information content (AvgIpc) is 2.44. The van der Waals surface area contributed by atoms with Gasteiger partial charge in [0.1, 0.15) is 6.04 Å². The van der Waals surface area contributed by atoms with E-state index >= 15 is 0 Å². The average molecular weight is 316 g/mol. The fourth-order valence-corrected chi connectivity index (χ4v) is 2.94. The fourth-order valence-electron chi connectivity index (χ4n) is 2.57. The zero-order valence-corrected chi connectivity index (χ0v) is 13.1. The van der Waals surface area contributed by atoms with Gasteiger partial charge in [-0.1, -0.05) is 29.6 Å². The highest BCUT2D eigenvalue weighted by Gasteiger charge is 2.30. The van der Waals surface area contributed by atoms with E-state index in [0.29, 0.717) is 23.2 Å². The summed E-state index contributed by atoms with van der Waals surface area (Å²) in [5.74, 6) is -0.134. The van der Waals surface area contributed by atoms with E-state index in [0.717, 1.165) is 31.4 Å². The Morgan fingerprint density at radius 1 is 1.40 bits per heavy atom. The van der Waals surface area contributed by atoms with Crippen LogP contribution in [0.4, 0.5) is 0 Å². The second kappa shape index (κ2) is 7.30. The maximum absolute atomic E-state index is 12.0. The van der Waals surface area contributed by atoms with Crippen LogP contribution in [0.5, 0.6) is 0 Å². The summed E-state index contributed by atoms with van der Waals surface area (Å²) in [6.07, 6.45) is 2.99. The number of carbonyl (C=O) groups is 1. The first-order chi connectivity index (χ1) is 9.61. The lowest BCUT2D eigenvalue weighted by molar-refractivity contribution is -0.151. The molecule has 5 heteroatoms. The number of esters is 1. The van der Waals surface area contributed by atoms with E-state index in [9.17, 15) is 4.79 Å². The third-order valence-corrected chi connectivity index (χ3v) is 4.16. The Labute approximate surface area is 129 Å². The molecule has 1 aliphatic heterocycles. The standard InChI is InChI=1S/C15H19Cl2NO2/c1-2-20-15(19)14-5-3-4-8-18(14)10-11-9-12(16)6-7-13(11)17/h6-7,9,14H,2-5,8,10H2,1H3. The van der Waals surface area contributed by atoms with E-state index in [1.165, 1.54) is 0 Å². The predicted molar refractivity (Wildman–Crippen MR) is 81.1 cm³/mol. The number of halogens is 2. The normalized spacial score (nSPS) is 19.9. The Morgan fingerprint density at radius 3 is 2.95 bits per heavy atom. The van der Waals surface area contributed by atoms with E-state index in [4.69, 9.17) is 27.9 Å². The second-order valence-corrected chi connectivity index (χ2v) is 5.81. The maximum Gasteiger partial charge on any atom is 0.323 e. The molecule has 0 bridgehead atoms. The minimum Gasteiger partial charge on any atom is -0.465 e. The van der Waals surface area contributed by atoms with Crippen molar-refractivity contribution in [3.05, 3.63) is 33.8 Å². The number of nitrogens with zero attached hydrogens (tertiary/aromatic N) is 1. The molecule has 1 heterocycles. The van der Waals surface area contributed by atoms with Gasteiger partial charge in [-0.05, 0) is 50.1 Å². The van der Waals surface area contributed by atoms with Gasteiger partial charge >= 0.3 is 5.97 Å². The molecule has 1 saturated heterocycles. The lowest BCUT2D eigenvalue weighted by Crippen LogP contribution is -2.45. The summed E-state index contributed by atoms with van der Waals surface area (Å²) in [5.41, 5.74) is 0.954. The molecule has 1 unspecified atom stereocenters. The lowest BCUT2D eigenvalue weighted by Gasteiger charge is -2.34. The first-order valence-corrected chi connectivity index (χ1v) is 7.72. The number of likely N-dealkylation sites (tertiary alicyclic amines) is 1. The quantitative estimate of drug-likeness (QED) is 0.789. The van der Waals surface area contributed by atoms with Gasteiger partial charge in [0.2, 0.25) is 0 Å². The van der Waals surface area contributed by atoms with Crippen molar-refractivity contribution < 1.29 is 9.53 Å². The highest BCUT2D eigenvalue weighted by atomic mass is 35.5. The van der Waals surface area contributed by atoms with E-state index in [1.54, 1.807) is 12.1 Å². The Hall–Kier alpha value is -0.770. The van der Waals surface area contributed by atoms with Gasteiger partial charge in [-0.15, -0.1) is 0 Å². The molecule has 110 valence electrons. The lowest BCUT2D eigenvalue weighted by atomic mass is 10.0. The monoisotopic (exact) mass is 315 g/mol. The van der Waals surface area contributed by atoms with Crippen LogP contribution in [0, 0.1) is 0 Å². The number of ether oxygens (including phenoxy) is 1. The van der Waals surface area contributed by atoms with Crippen LogP contribution in [0.3, 0.4) is 0 Å². The largest absolute Gasteiger partial charge is 0.465 e. The Kier molecular flexibility index (Phi) is 5.70. The van der Waals surface area contributed by atoms with Crippen molar-refractivity contribution in [2.45, 2.75) is 38.8 Å². The third-order valence-electron chi connectivity index (χ3n) is 3.55. The van der Waals surface area contributed by atoms with E-state index < -0.39 is 0 Å². The Balaban J connectivity index is 2.12. The predicted octanol–water partition coefficient (Wildman–Crippen LogP) is 3.91. The molecular formula is C15H19Cl2NO2. The summed E-state index contributed by atoms with van der Waals surface area (Å²) in [6, 6.07) is 5.26. The zero-order valence-electron chi connectivity index (χ0n) is 11.6. The molecule has 1 aliphatic rings. The molecule has 20 heavy (non-hydrogen) atoms. The molecule has 0 aliphatic carbocycles. The third kappa shape index (κ3) is 3.87. The van der Waals surface area contributed by atoms with Crippen LogP contribution in [0.1, 0.15) is 31.7 Å². The molecule has 0 aromatic heterocycles. The van der Waals surface area contributed by atoms with Crippen molar-refractivity contribution in [3.63, 3.8) is 0 Å². The molecule has 0 N–H and O–H groups in total. The van der Waals surface area contributed by atoms with Crippen molar-refractivity contribution in [3.8, 4) is 0 Å². The van der Waals surface area contributed by atoms with E-state index in [-0.39, 0.29) is 12.0 Å². The highest BCUT2D eigenvalue weighted by molar-refractivity contribution is 6.33. The van der Waals surface area contributed by atoms with Crippen molar-refractivity contribution >= 4 is 29.2 Å². The summed E-state index contributed by atoms with van der Waals surface area (Å²) in [7, 11) is 0. The molecule has 0 spiro atoms. The smallest absolute Gasteiger partial charge is 0.323 e. The minimum absolute atomic E-state index is 0.134. The summed E-state index contributed by atoms with van der Waals surface area (Å²) >= 11 is 12.2. The summed E-state index contributed by atoms with van der Waals surface area (Å²) < 4.78 is 5.16. The first-order valence-electron chi connectivity index (χ1n) is 6.96. The number of hydrogen-bond acceptors (Lipinski definition) is 3. The van der Waals surface area contributed by atoms with Gasteiger partial charge in [-0.3, -0.25) is 9.69 Å². The van der Waals surface area contributed by atoms with Gasteiger partial charge in [0.25, 0.3) is 0 Å². The number of rotatable bonds is 4. The fraction of sp³-hybridized carbons (Fsp3) is 0.533. The zero-order chi connectivity index (χ0) is 14.5. The van der Waals surface area contributed by atoms with E-state index in [2.05, 4.69) is 4.90 Å². The second-order valence-electron chi connectivity index (χ2n) is 4.97. The van der Waals surface area contributed by atoms with Crippen LogP contribution in [0.15, 0.2) is 18.2 Å². The number of carbonyl (C=O) groups excluding carboxylic acids is 1. The molecule has 2 rings (SSSR count). The molecule has 0 amide bonds. The SMILES string of the molecule is CCOC(=O)C1CCCCN1Cc1cc(Cl)ccc1Cl. The van der Waals surface area contributed by atoms with Gasteiger partial charge in [0, 0.05) is 16.6 Å². The highest BCUT2D eigenvalue weighted by Crippen LogP contribution is 2.26. The van der Waals surface area contributed by atoms with Crippen LogP contribution in [0.2, 0.25) is 10.0 Å². The minimum atomic E-state index is -0.168. The van der Waals surface area contributed by atoms with Crippen LogP contribution >= 0.6 is 23.2 Å². The summed E-state index contributed by atoms with van der Waals surface area (Å²) in [4.78, 5) is 14.2. The molecule has 1 atom stereocenters. The molecule has 1 fully saturated rings. The van der Waals surface area contributed by atoms with Crippen molar-refractivity contribution in [2.24, 2.45) is 0 Å². The molecule has 1 aromatic rings. The molecular weight excluding hydrogens is 297 g/mol. The number of piperidine rings is 1.